The molecule has 1 aliphatic heterocycles. The molecule has 3 aromatic rings. The molecule has 13 heteroatoms. The summed E-state index contributed by atoms with van der Waals surface area (Å²) >= 11 is 1.52. The number of hydrogen-bond donors (Lipinski definition) is 3. The normalized spacial score (nSPS) is 16.8. The van der Waals surface area contributed by atoms with Gasteiger partial charge in [-0.3, -0.25) is 9.59 Å². The standard InChI is InChI=1S/C22H26N6O5S2/c1-33-21-17(24-12-19(23)26-21)11-25-20(29)13-28-8-3-2-4-16(22(28)30)27-35(31,32)15-5-6-18-14(10-15)7-9-34-18/h5-7,9-10,12,16,27H,2-4,8,11,13H2,1H3,(H2,23,26)(H,25,29)/t16-/m0/s1. The van der Waals surface area contributed by atoms with Crippen LogP contribution >= 0.6 is 11.3 Å². The Bertz CT molecular complexity index is 1340. The largest absolute Gasteiger partial charge is 0.480 e. The van der Waals surface area contributed by atoms with E-state index in [1.165, 1.54) is 35.6 Å². The SMILES string of the molecule is COc1nc(N)cnc1CNC(=O)CN1CCCC[C@H](NS(=O)(=O)c2ccc3sccc3c2)C1=O. The van der Waals surface area contributed by atoms with E-state index in [0.717, 1.165) is 10.1 Å². The number of aromatic nitrogens is 2. The quantitative estimate of drug-likeness (QED) is 0.402. The lowest BCUT2D eigenvalue weighted by atomic mass is 10.1. The summed E-state index contributed by atoms with van der Waals surface area (Å²) in [5.41, 5.74) is 5.99. The first-order valence-electron chi connectivity index (χ1n) is 11.0. The number of carbonyl (C=O) groups excluding carboxylic acids is 2. The van der Waals surface area contributed by atoms with Gasteiger partial charge in [-0.05, 0) is 54.3 Å². The lowest BCUT2D eigenvalue weighted by Crippen LogP contribution is -2.49. The molecule has 0 aliphatic carbocycles. The molecule has 0 radical (unpaired) electrons. The number of nitrogen functional groups attached to an aromatic ring is 1. The number of anilines is 1. The minimum atomic E-state index is -3.92. The second kappa shape index (κ2) is 10.5. The number of methoxy groups -OCH3 is 1. The molecule has 0 spiro atoms. The number of sulfonamides is 1. The van der Waals surface area contributed by atoms with Gasteiger partial charge in [-0.2, -0.15) is 9.71 Å². The van der Waals surface area contributed by atoms with Crippen LogP contribution in [0.2, 0.25) is 0 Å². The van der Waals surface area contributed by atoms with Crippen LogP contribution in [0, 0.1) is 0 Å². The Kier molecular flexibility index (Phi) is 7.48. The van der Waals surface area contributed by atoms with Crippen LogP contribution in [0.4, 0.5) is 5.82 Å². The summed E-state index contributed by atoms with van der Waals surface area (Å²) in [5.74, 6) is -0.449. The number of nitrogens with zero attached hydrogens (tertiary/aromatic N) is 3. The van der Waals surface area contributed by atoms with Gasteiger partial charge in [0.2, 0.25) is 27.7 Å². The van der Waals surface area contributed by atoms with Gasteiger partial charge in [-0.1, -0.05) is 0 Å². The van der Waals surface area contributed by atoms with Gasteiger partial charge in [0, 0.05) is 11.2 Å². The van der Waals surface area contributed by atoms with Gasteiger partial charge in [0.15, 0.2) is 0 Å². The van der Waals surface area contributed by atoms with Crippen LogP contribution in [0.25, 0.3) is 10.1 Å². The minimum Gasteiger partial charge on any atom is -0.480 e. The Morgan fingerprint density at radius 3 is 2.94 bits per heavy atom. The van der Waals surface area contributed by atoms with E-state index in [-0.39, 0.29) is 29.7 Å². The maximum Gasteiger partial charge on any atom is 0.241 e. The third-order valence-electron chi connectivity index (χ3n) is 5.62. The van der Waals surface area contributed by atoms with Crippen LogP contribution in [0.5, 0.6) is 5.88 Å². The van der Waals surface area contributed by atoms with Crippen molar-refractivity contribution < 1.29 is 22.7 Å². The second-order valence-electron chi connectivity index (χ2n) is 8.08. The van der Waals surface area contributed by atoms with Crippen molar-refractivity contribution in [1.29, 1.82) is 0 Å². The van der Waals surface area contributed by atoms with E-state index < -0.39 is 27.9 Å². The summed E-state index contributed by atoms with van der Waals surface area (Å²) in [4.78, 5) is 35.3. The molecule has 1 fully saturated rings. The molecular formula is C22H26N6O5S2. The number of likely N-dealkylation sites (tertiary alicyclic amines) is 1. The van der Waals surface area contributed by atoms with Gasteiger partial charge in [0.05, 0.1) is 31.3 Å². The van der Waals surface area contributed by atoms with Crippen molar-refractivity contribution >= 4 is 49.1 Å². The van der Waals surface area contributed by atoms with Crippen molar-refractivity contribution in [3.8, 4) is 5.88 Å². The molecule has 0 saturated carbocycles. The van der Waals surface area contributed by atoms with Crippen LogP contribution in [-0.4, -0.2) is 61.3 Å². The number of hydrogen-bond acceptors (Lipinski definition) is 9. The Morgan fingerprint density at radius 2 is 2.14 bits per heavy atom. The second-order valence-corrected chi connectivity index (χ2v) is 10.7. The fourth-order valence-electron chi connectivity index (χ4n) is 3.84. The molecule has 1 atom stereocenters. The van der Waals surface area contributed by atoms with Crippen molar-refractivity contribution in [2.45, 2.75) is 36.7 Å². The molecule has 2 amide bonds. The number of benzene rings is 1. The fraction of sp³-hybridized carbons (Fsp3) is 0.364. The van der Waals surface area contributed by atoms with Crippen molar-refractivity contribution in [2.75, 3.05) is 25.9 Å². The molecule has 1 saturated heterocycles. The first-order chi connectivity index (χ1) is 16.8. The summed E-state index contributed by atoms with van der Waals surface area (Å²) in [6, 6.07) is 5.77. The van der Waals surface area contributed by atoms with Gasteiger partial charge in [-0.25, -0.2) is 13.4 Å². The van der Waals surface area contributed by atoms with Crippen molar-refractivity contribution in [3.63, 3.8) is 0 Å². The van der Waals surface area contributed by atoms with E-state index in [1.807, 2.05) is 11.4 Å². The molecule has 4 rings (SSSR count). The maximum atomic E-state index is 13.1. The summed E-state index contributed by atoms with van der Waals surface area (Å²) < 4.78 is 34.7. The van der Waals surface area contributed by atoms with E-state index >= 15 is 0 Å². The minimum absolute atomic E-state index is 0.0401. The van der Waals surface area contributed by atoms with Gasteiger partial charge in [0.1, 0.15) is 17.6 Å². The molecule has 0 bridgehead atoms. The average Bonchev–Trinajstić information content (AvgIpc) is 3.25. The van der Waals surface area contributed by atoms with Crippen LogP contribution < -0.4 is 20.5 Å². The predicted octanol–water partition coefficient (Wildman–Crippen LogP) is 1.26. The number of ether oxygens (including phenoxy) is 1. The van der Waals surface area contributed by atoms with E-state index in [2.05, 4.69) is 20.0 Å². The summed E-state index contributed by atoms with van der Waals surface area (Å²) in [6.45, 7) is 0.192. The monoisotopic (exact) mass is 518 g/mol. The molecule has 1 aromatic carbocycles. The Hall–Kier alpha value is -3.29. The van der Waals surface area contributed by atoms with Crippen LogP contribution in [-0.2, 0) is 26.2 Å². The van der Waals surface area contributed by atoms with Gasteiger partial charge >= 0.3 is 0 Å². The number of thiophene rings is 1. The van der Waals surface area contributed by atoms with Gasteiger partial charge in [-0.15, -0.1) is 11.3 Å². The average molecular weight is 519 g/mol. The predicted molar refractivity (Wildman–Crippen MR) is 131 cm³/mol. The number of nitrogens with two attached hydrogens (primary N) is 1. The van der Waals surface area contributed by atoms with Crippen LogP contribution in [0.3, 0.4) is 0 Å². The van der Waals surface area contributed by atoms with E-state index in [4.69, 9.17) is 10.5 Å². The molecule has 4 N–H and O–H groups in total. The maximum absolute atomic E-state index is 13.1. The Balaban J connectivity index is 1.40. The van der Waals surface area contributed by atoms with Crippen LogP contribution in [0.1, 0.15) is 25.0 Å². The lowest BCUT2D eigenvalue weighted by Gasteiger charge is -2.24. The lowest BCUT2D eigenvalue weighted by molar-refractivity contribution is -0.136. The van der Waals surface area contributed by atoms with Crippen molar-refractivity contribution in [2.24, 2.45) is 0 Å². The zero-order valence-corrected chi connectivity index (χ0v) is 20.7. The third-order valence-corrected chi connectivity index (χ3v) is 7.99. The Labute approximate surface area is 206 Å². The molecule has 35 heavy (non-hydrogen) atoms. The van der Waals surface area contributed by atoms with Crippen molar-refractivity contribution in [1.82, 2.24) is 24.9 Å². The van der Waals surface area contributed by atoms with Crippen LogP contribution in [0.15, 0.2) is 40.7 Å². The molecule has 2 aromatic heterocycles. The molecule has 0 unspecified atom stereocenters. The van der Waals surface area contributed by atoms with Gasteiger partial charge < -0.3 is 20.7 Å². The first-order valence-corrected chi connectivity index (χ1v) is 13.3. The topological polar surface area (TPSA) is 157 Å². The molecule has 3 heterocycles. The zero-order valence-electron chi connectivity index (χ0n) is 19.1. The Morgan fingerprint density at radius 1 is 1.31 bits per heavy atom. The number of carbonyl (C=O) groups is 2. The highest BCUT2D eigenvalue weighted by molar-refractivity contribution is 7.89. The summed E-state index contributed by atoms with van der Waals surface area (Å²) in [5, 5.41) is 5.41. The first kappa shape index (κ1) is 24.8. The molecular weight excluding hydrogens is 492 g/mol. The molecule has 186 valence electrons. The summed E-state index contributed by atoms with van der Waals surface area (Å²) in [6.07, 6.45) is 3.03. The molecule has 1 aliphatic rings. The van der Waals surface area contributed by atoms with Gasteiger partial charge in [0.25, 0.3) is 0 Å². The number of amides is 2. The summed E-state index contributed by atoms with van der Waals surface area (Å²) in [7, 11) is -2.50. The third kappa shape index (κ3) is 5.86. The van der Waals surface area contributed by atoms with E-state index in [1.54, 1.807) is 12.1 Å². The van der Waals surface area contributed by atoms with Crippen molar-refractivity contribution in [3.05, 3.63) is 41.5 Å². The highest BCUT2D eigenvalue weighted by Gasteiger charge is 2.32. The highest BCUT2D eigenvalue weighted by atomic mass is 32.2. The number of fused-ring (bicyclic) bond motifs is 1. The smallest absolute Gasteiger partial charge is 0.241 e. The fourth-order valence-corrected chi connectivity index (χ4v) is 5.87. The zero-order chi connectivity index (χ0) is 25.0. The number of nitrogens with one attached hydrogen (secondary N) is 2. The molecule has 11 nitrogen and oxygen atoms in total. The number of rotatable bonds is 8. The van der Waals surface area contributed by atoms with E-state index in [9.17, 15) is 18.0 Å². The van der Waals surface area contributed by atoms with E-state index in [0.29, 0.717) is 31.5 Å². The highest BCUT2D eigenvalue weighted by Crippen LogP contribution is 2.24.